The zero-order valence-electron chi connectivity index (χ0n) is 32.4. The van der Waals surface area contributed by atoms with Gasteiger partial charge in [0, 0.05) is 31.4 Å². The monoisotopic (exact) mass is 715 g/mol. The van der Waals surface area contributed by atoms with Gasteiger partial charge in [-0.1, -0.05) is 20.8 Å². The van der Waals surface area contributed by atoms with Crippen molar-refractivity contribution in [3.63, 3.8) is 0 Å². The van der Waals surface area contributed by atoms with Gasteiger partial charge in [-0.3, -0.25) is 9.59 Å². The highest BCUT2D eigenvalue weighted by Gasteiger charge is 2.52. The lowest BCUT2D eigenvalue weighted by Gasteiger charge is -2.48. The minimum absolute atomic E-state index is 0.0582. The highest BCUT2D eigenvalue weighted by atomic mass is 16.7. The van der Waals surface area contributed by atoms with Gasteiger partial charge in [-0.05, 0) is 93.5 Å². The smallest absolute Gasteiger partial charge is 0.311 e. The number of esters is 1. The Labute approximate surface area is 298 Å². The molecule has 8 unspecified atom stereocenters. The molecule has 0 aliphatic carbocycles. The van der Waals surface area contributed by atoms with Crippen molar-refractivity contribution in [3.8, 4) is 0 Å². The Hall–Kier alpha value is -1.52. The number of ketones is 1. The molecule has 4 N–H and O–H groups in total. The summed E-state index contributed by atoms with van der Waals surface area (Å²) in [6, 6.07) is -0.300. The maximum Gasteiger partial charge on any atom is 0.311 e. The van der Waals surface area contributed by atoms with Crippen molar-refractivity contribution in [2.45, 2.75) is 173 Å². The summed E-state index contributed by atoms with van der Waals surface area (Å²) in [6.45, 7) is 16.9. The minimum atomic E-state index is -1.73. The Morgan fingerprint density at radius 3 is 2.16 bits per heavy atom. The van der Waals surface area contributed by atoms with Crippen LogP contribution in [0.4, 0.5) is 0 Å². The molecule has 0 bridgehead atoms. The molecule has 0 aromatic heterocycles. The van der Waals surface area contributed by atoms with Gasteiger partial charge in [-0.25, -0.2) is 0 Å². The van der Waals surface area contributed by atoms with E-state index in [4.69, 9.17) is 28.4 Å². The summed E-state index contributed by atoms with van der Waals surface area (Å²) < 4.78 is 37.2. The Kier molecular flexibility index (Phi) is 14.3. The number of carbonyl (C=O) groups excluding carboxylic acids is 2. The SMILES string of the molecule is CC[C@H]1OC(=O)[C@H](C)[C@@H](OC2CC(C)(OC)C(O)C(C)O2)[C@H](C)[C@@H](OC2OC(C)CC(N(C)C)C2O)[C@](C)(O)C[C@@H](C)C(=O)C(C)=C[C@]1(C)O. The number of ether oxygens (including phenoxy) is 6. The Bertz CT molecular complexity index is 1190. The van der Waals surface area contributed by atoms with Crippen molar-refractivity contribution in [2.75, 3.05) is 21.2 Å². The number of carbonyl (C=O) groups is 2. The molecule has 2 saturated heterocycles. The molecule has 2 fully saturated rings. The zero-order chi connectivity index (χ0) is 38.1. The molecule has 13 nitrogen and oxygen atoms in total. The van der Waals surface area contributed by atoms with Crippen LogP contribution in [0.2, 0.25) is 0 Å². The van der Waals surface area contributed by atoms with Crippen molar-refractivity contribution in [2.24, 2.45) is 17.8 Å². The number of nitrogens with zero attached hydrogens (tertiary/aromatic N) is 1. The van der Waals surface area contributed by atoms with Gasteiger partial charge in [0.25, 0.3) is 0 Å². The molecular formula is C37H65NO12. The standard InChI is InChI=1S/C37H65NO12/c1-14-26-35(8,43)16-19(2)28(39)20(3)17-36(9,44)32(50-34-29(40)25(38(11)12)15-21(4)46-34)22(5)30(23(6)33(42)48-26)49-27-18-37(10,45-13)31(41)24(7)47-27/h16,20-27,29-32,34,40-41,43-44H,14-15,17-18H2,1-13H3/t20-,21?,22+,23-,24?,25?,26-,27?,29?,30+,31?,32-,34?,35+,36-,37?/m1/s1. The van der Waals surface area contributed by atoms with Gasteiger partial charge in [-0.15, -0.1) is 0 Å². The second-order valence-corrected chi connectivity index (χ2v) is 16.0. The molecule has 50 heavy (non-hydrogen) atoms. The number of methoxy groups -OCH3 is 1. The quantitative estimate of drug-likeness (QED) is 0.284. The molecule has 0 spiro atoms. The van der Waals surface area contributed by atoms with Crippen molar-refractivity contribution < 1.29 is 58.4 Å². The first-order valence-corrected chi connectivity index (χ1v) is 18.1. The van der Waals surface area contributed by atoms with Crippen LogP contribution < -0.4 is 0 Å². The fraction of sp³-hybridized carbons (Fsp3) is 0.892. The lowest BCUT2D eigenvalue weighted by Crippen LogP contribution is -2.60. The maximum atomic E-state index is 14.0. The second kappa shape index (κ2) is 16.7. The van der Waals surface area contributed by atoms with Crippen LogP contribution in [-0.4, -0.2) is 136 Å². The summed E-state index contributed by atoms with van der Waals surface area (Å²) >= 11 is 0. The molecule has 3 heterocycles. The van der Waals surface area contributed by atoms with Gasteiger partial charge < -0.3 is 53.7 Å². The van der Waals surface area contributed by atoms with E-state index in [-0.39, 0.29) is 42.8 Å². The highest BCUT2D eigenvalue weighted by Crippen LogP contribution is 2.40. The minimum Gasteiger partial charge on any atom is -0.459 e. The van der Waals surface area contributed by atoms with Gasteiger partial charge in [-0.2, -0.15) is 0 Å². The number of Topliss-reactive ketones (excluding diaryl/α,β-unsaturated/α-hetero) is 1. The molecule has 0 aromatic rings. The third-order valence-corrected chi connectivity index (χ3v) is 11.2. The number of aliphatic hydroxyl groups excluding tert-OH is 2. The van der Waals surface area contributed by atoms with Crippen LogP contribution in [0.15, 0.2) is 11.6 Å². The summed E-state index contributed by atoms with van der Waals surface area (Å²) in [6.07, 6.45) is -5.98. The van der Waals surface area contributed by atoms with Crippen LogP contribution in [0.5, 0.6) is 0 Å². The summed E-state index contributed by atoms with van der Waals surface area (Å²) in [4.78, 5) is 29.6. The molecule has 0 amide bonds. The summed E-state index contributed by atoms with van der Waals surface area (Å²) in [7, 11) is 5.22. The van der Waals surface area contributed by atoms with E-state index >= 15 is 0 Å². The first-order chi connectivity index (χ1) is 23.0. The largest absolute Gasteiger partial charge is 0.459 e. The van der Waals surface area contributed by atoms with Gasteiger partial charge >= 0.3 is 5.97 Å². The summed E-state index contributed by atoms with van der Waals surface area (Å²) in [5.41, 5.74) is -4.16. The third-order valence-electron chi connectivity index (χ3n) is 11.2. The highest BCUT2D eigenvalue weighted by molar-refractivity contribution is 5.96. The van der Waals surface area contributed by atoms with Crippen LogP contribution in [-0.2, 0) is 38.0 Å². The van der Waals surface area contributed by atoms with Crippen LogP contribution in [0.1, 0.15) is 94.9 Å². The number of rotatable bonds is 7. The van der Waals surface area contributed by atoms with Gasteiger partial charge in [0.15, 0.2) is 18.4 Å². The van der Waals surface area contributed by atoms with Gasteiger partial charge in [0.05, 0.1) is 41.5 Å². The molecule has 3 aliphatic rings. The van der Waals surface area contributed by atoms with E-state index in [1.807, 2.05) is 25.9 Å². The van der Waals surface area contributed by atoms with E-state index in [1.165, 1.54) is 20.1 Å². The fourth-order valence-corrected chi connectivity index (χ4v) is 8.09. The van der Waals surface area contributed by atoms with Crippen molar-refractivity contribution in [3.05, 3.63) is 11.6 Å². The molecule has 0 radical (unpaired) electrons. The molecule has 16 atom stereocenters. The number of cyclic esters (lactones) is 1. The Morgan fingerprint density at radius 2 is 1.60 bits per heavy atom. The van der Waals surface area contributed by atoms with Gasteiger partial charge in [0.2, 0.25) is 0 Å². The number of hydrogen-bond acceptors (Lipinski definition) is 13. The average Bonchev–Trinajstić information content (AvgIpc) is 3.02. The molecule has 13 heteroatoms. The summed E-state index contributed by atoms with van der Waals surface area (Å²) in [5.74, 6) is -3.48. The number of allylic oxidation sites excluding steroid dienone is 1. The van der Waals surface area contributed by atoms with Crippen LogP contribution in [0.3, 0.4) is 0 Å². The number of likely N-dealkylation sites (N-methyl/N-ethyl adjacent to an activating group) is 1. The Morgan fingerprint density at radius 1 is 0.980 bits per heavy atom. The zero-order valence-corrected chi connectivity index (χ0v) is 32.4. The maximum absolute atomic E-state index is 14.0. The number of aliphatic hydroxyl groups is 4. The molecule has 3 rings (SSSR count). The molecule has 0 aromatic carbocycles. The molecular weight excluding hydrogens is 650 g/mol. The van der Waals surface area contributed by atoms with Crippen LogP contribution >= 0.6 is 0 Å². The first kappa shape index (κ1) is 42.9. The predicted octanol–water partition coefficient (Wildman–Crippen LogP) is 2.73. The molecule has 290 valence electrons. The van der Waals surface area contributed by atoms with E-state index in [1.54, 1.807) is 55.4 Å². The lowest BCUT2D eigenvalue weighted by molar-refractivity contribution is -0.317. The number of hydrogen-bond donors (Lipinski definition) is 4. The second-order valence-electron chi connectivity index (χ2n) is 16.0. The first-order valence-electron chi connectivity index (χ1n) is 18.1. The van der Waals surface area contributed by atoms with Crippen molar-refractivity contribution in [1.82, 2.24) is 4.90 Å². The topological polar surface area (TPSA) is 174 Å². The third kappa shape index (κ3) is 9.52. The van der Waals surface area contributed by atoms with Crippen LogP contribution in [0, 0.1) is 17.8 Å². The molecule has 0 saturated carbocycles. The van der Waals surface area contributed by atoms with Crippen molar-refractivity contribution in [1.29, 1.82) is 0 Å². The van der Waals surface area contributed by atoms with E-state index in [9.17, 15) is 30.0 Å². The predicted molar refractivity (Wildman–Crippen MR) is 185 cm³/mol. The van der Waals surface area contributed by atoms with E-state index in [0.29, 0.717) is 6.42 Å². The fourth-order valence-electron chi connectivity index (χ4n) is 8.09. The van der Waals surface area contributed by atoms with E-state index in [0.717, 1.165) is 0 Å². The normalized spacial score (nSPS) is 47.4. The summed E-state index contributed by atoms with van der Waals surface area (Å²) in [5, 5.41) is 46.1. The molecule has 3 aliphatic heterocycles. The van der Waals surface area contributed by atoms with E-state index in [2.05, 4.69) is 0 Å². The van der Waals surface area contributed by atoms with Crippen LogP contribution in [0.25, 0.3) is 0 Å². The van der Waals surface area contributed by atoms with E-state index < -0.39 is 89.7 Å². The lowest BCUT2D eigenvalue weighted by atomic mass is 9.76. The average molecular weight is 716 g/mol. The van der Waals surface area contributed by atoms with Crippen molar-refractivity contribution >= 4 is 11.8 Å². The Balaban J connectivity index is 2.18. The van der Waals surface area contributed by atoms with Gasteiger partial charge in [0.1, 0.15) is 23.9 Å².